The van der Waals surface area contributed by atoms with E-state index in [4.69, 9.17) is 5.73 Å². The normalized spacial score (nSPS) is 13.6. The van der Waals surface area contributed by atoms with Gasteiger partial charge in [0.2, 0.25) is 0 Å². The van der Waals surface area contributed by atoms with Crippen molar-refractivity contribution < 1.29 is 4.79 Å². The quantitative estimate of drug-likeness (QED) is 0.472. The van der Waals surface area contributed by atoms with E-state index < -0.39 is 0 Å². The Hall–Kier alpha value is -4.38. The fraction of sp³-hybridized carbons (Fsp3) is 0.130. The van der Waals surface area contributed by atoms with Gasteiger partial charge in [-0.3, -0.25) is 9.36 Å². The van der Waals surface area contributed by atoms with E-state index in [0.29, 0.717) is 22.6 Å². The van der Waals surface area contributed by atoms with Crippen molar-refractivity contribution >= 4 is 33.7 Å². The molecule has 6 rings (SSSR count). The van der Waals surface area contributed by atoms with Crippen molar-refractivity contribution in [2.45, 2.75) is 18.8 Å². The lowest BCUT2D eigenvalue weighted by atomic mass is 10.2. The minimum Gasteiger partial charge on any atom is -0.383 e. The highest BCUT2D eigenvalue weighted by atomic mass is 16.2. The molecule has 1 saturated carbocycles. The molecule has 0 unspecified atom stereocenters. The molecule has 8 heteroatoms. The highest BCUT2D eigenvalue weighted by molar-refractivity contribution is 6.05. The van der Waals surface area contributed by atoms with Crippen LogP contribution in [0.1, 0.15) is 40.5 Å². The number of hydrogen-bond acceptors (Lipinski definition) is 5. The van der Waals surface area contributed by atoms with Crippen LogP contribution in [0.25, 0.3) is 27.6 Å². The SMILES string of the molecule is N#Cc1ccc2ccn(C(=O)c3cnn(-c4ccc5[nH]c(C6CC6)nc5c4)c3N)c2c1. The average Bonchev–Trinajstić information content (AvgIpc) is 3.24. The predicted molar refractivity (Wildman–Crippen MR) is 116 cm³/mol. The Morgan fingerprint density at radius 3 is 2.87 bits per heavy atom. The molecule has 0 atom stereocenters. The fourth-order valence-electron chi connectivity index (χ4n) is 3.93. The summed E-state index contributed by atoms with van der Waals surface area (Å²) in [5.74, 6) is 1.51. The number of nitriles is 1. The lowest BCUT2D eigenvalue weighted by Crippen LogP contribution is -2.13. The first-order valence-electron chi connectivity index (χ1n) is 10.0. The third-order valence-electron chi connectivity index (χ3n) is 5.77. The summed E-state index contributed by atoms with van der Waals surface area (Å²) in [6.07, 6.45) is 5.50. The van der Waals surface area contributed by atoms with Crippen molar-refractivity contribution in [1.29, 1.82) is 5.26 Å². The number of aromatic amines is 1. The number of hydrogen-bond donors (Lipinski definition) is 2. The number of rotatable bonds is 3. The van der Waals surface area contributed by atoms with Crippen LogP contribution >= 0.6 is 0 Å². The molecule has 8 nitrogen and oxygen atoms in total. The maximum Gasteiger partial charge on any atom is 0.267 e. The number of carbonyl (C=O) groups is 1. The zero-order valence-electron chi connectivity index (χ0n) is 16.4. The number of nitrogens with one attached hydrogen (secondary N) is 1. The molecule has 31 heavy (non-hydrogen) atoms. The van der Waals surface area contributed by atoms with Gasteiger partial charge in [-0.05, 0) is 49.2 Å². The minimum absolute atomic E-state index is 0.251. The number of aromatic nitrogens is 5. The van der Waals surface area contributed by atoms with Crippen LogP contribution in [0.15, 0.2) is 54.9 Å². The van der Waals surface area contributed by atoms with Gasteiger partial charge in [-0.1, -0.05) is 6.07 Å². The number of nitrogens with zero attached hydrogens (tertiary/aromatic N) is 5. The van der Waals surface area contributed by atoms with Gasteiger partial charge < -0.3 is 10.7 Å². The Balaban J connectivity index is 1.39. The number of carbonyl (C=O) groups excluding carboxylic acids is 1. The van der Waals surface area contributed by atoms with Gasteiger partial charge in [0.15, 0.2) is 0 Å². The Labute approximate surface area is 176 Å². The number of anilines is 1. The number of H-pyrrole nitrogens is 1. The summed E-state index contributed by atoms with van der Waals surface area (Å²) in [7, 11) is 0. The van der Waals surface area contributed by atoms with Gasteiger partial charge >= 0.3 is 0 Å². The van der Waals surface area contributed by atoms with Crippen LogP contribution in [0.2, 0.25) is 0 Å². The number of nitrogens with two attached hydrogens (primary N) is 1. The first-order valence-corrected chi connectivity index (χ1v) is 10.0. The molecule has 0 aliphatic heterocycles. The van der Waals surface area contributed by atoms with Gasteiger partial charge in [0.25, 0.3) is 5.91 Å². The van der Waals surface area contributed by atoms with Crippen molar-refractivity contribution in [3.8, 4) is 11.8 Å². The van der Waals surface area contributed by atoms with E-state index in [1.54, 1.807) is 23.0 Å². The largest absolute Gasteiger partial charge is 0.383 e. The molecular formula is C23H17N7O. The van der Waals surface area contributed by atoms with Crippen LogP contribution < -0.4 is 5.73 Å². The van der Waals surface area contributed by atoms with Crippen LogP contribution in [0, 0.1) is 11.3 Å². The van der Waals surface area contributed by atoms with Crippen molar-refractivity contribution in [3.05, 3.63) is 71.8 Å². The zero-order valence-corrected chi connectivity index (χ0v) is 16.4. The van der Waals surface area contributed by atoms with Crippen LogP contribution in [-0.4, -0.2) is 30.2 Å². The first-order chi connectivity index (χ1) is 15.1. The van der Waals surface area contributed by atoms with E-state index in [1.165, 1.54) is 23.6 Å². The zero-order chi connectivity index (χ0) is 21.1. The molecule has 0 saturated heterocycles. The number of benzene rings is 2. The van der Waals surface area contributed by atoms with Crippen LogP contribution in [-0.2, 0) is 0 Å². The third-order valence-corrected chi connectivity index (χ3v) is 5.77. The highest BCUT2D eigenvalue weighted by Gasteiger charge is 2.27. The van der Waals surface area contributed by atoms with E-state index >= 15 is 0 Å². The monoisotopic (exact) mass is 407 g/mol. The number of fused-ring (bicyclic) bond motifs is 2. The van der Waals surface area contributed by atoms with Gasteiger partial charge in [0.1, 0.15) is 17.2 Å². The Morgan fingerprint density at radius 1 is 1.19 bits per heavy atom. The third kappa shape index (κ3) is 2.71. The summed E-state index contributed by atoms with van der Waals surface area (Å²) in [5, 5.41) is 14.4. The maximum absolute atomic E-state index is 13.2. The molecule has 1 aliphatic rings. The second kappa shape index (κ2) is 6.31. The van der Waals surface area contributed by atoms with E-state index in [2.05, 4.69) is 21.1 Å². The van der Waals surface area contributed by atoms with Gasteiger partial charge in [0, 0.05) is 17.5 Å². The number of nitrogen functional groups attached to an aromatic ring is 1. The minimum atomic E-state index is -0.300. The molecule has 0 amide bonds. The standard InChI is InChI=1S/C23H17N7O/c24-11-13-1-2-14-7-8-29(20(14)9-13)23(31)17-12-26-30(21(17)25)16-5-6-18-19(10-16)28-22(27-18)15-3-4-15/h1-2,5-10,12,15H,3-4,25H2,(H,27,28). The Kier molecular flexibility index (Phi) is 3.56. The highest BCUT2D eigenvalue weighted by Crippen LogP contribution is 2.39. The summed E-state index contributed by atoms with van der Waals surface area (Å²) in [6, 6.07) is 14.9. The summed E-state index contributed by atoms with van der Waals surface area (Å²) in [5.41, 5.74) is 10.3. The Morgan fingerprint density at radius 2 is 2.06 bits per heavy atom. The first kappa shape index (κ1) is 17.5. The molecule has 5 aromatic rings. The van der Waals surface area contributed by atoms with E-state index in [1.807, 2.05) is 30.3 Å². The smallest absolute Gasteiger partial charge is 0.267 e. The molecule has 150 valence electrons. The van der Waals surface area contributed by atoms with Crippen molar-refractivity contribution in [3.63, 3.8) is 0 Å². The second-order valence-corrected chi connectivity index (χ2v) is 7.83. The van der Waals surface area contributed by atoms with Gasteiger partial charge in [-0.2, -0.15) is 10.4 Å². The molecule has 1 fully saturated rings. The average molecular weight is 407 g/mol. The lowest BCUT2D eigenvalue weighted by Gasteiger charge is -2.06. The molecule has 0 spiro atoms. The van der Waals surface area contributed by atoms with Crippen LogP contribution in [0.3, 0.4) is 0 Å². The summed E-state index contributed by atoms with van der Waals surface area (Å²) < 4.78 is 3.04. The second-order valence-electron chi connectivity index (χ2n) is 7.83. The molecule has 2 aromatic carbocycles. The van der Waals surface area contributed by atoms with E-state index in [9.17, 15) is 10.1 Å². The molecule has 3 aromatic heterocycles. The van der Waals surface area contributed by atoms with Crippen LogP contribution in [0.5, 0.6) is 0 Å². The molecular weight excluding hydrogens is 390 g/mol. The van der Waals surface area contributed by atoms with E-state index in [-0.39, 0.29) is 11.7 Å². The van der Waals surface area contributed by atoms with Crippen molar-refractivity contribution in [2.24, 2.45) is 0 Å². The summed E-state index contributed by atoms with van der Waals surface area (Å²) in [4.78, 5) is 21.3. The number of imidazole rings is 1. The van der Waals surface area contributed by atoms with Crippen molar-refractivity contribution in [1.82, 2.24) is 24.3 Å². The van der Waals surface area contributed by atoms with E-state index in [0.717, 1.165) is 27.9 Å². The molecule has 1 aliphatic carbocycles. The lowest BCUT2D eigenvalue weighted by molar-refractivity contribution is 0.0966. The van der Waals surface area contributed by atoms with Crippen molar-refractivity contribution in [2.75, 3.05) is 5.73 Å². The topological polar surface area (TPSA) is 118 Å². The summed E-state index contributed by atoms with van der Waals surface area (Å²) in [6.45, 7) is 0. The van der Waals surface area contributed by atoms with Gasteiger partial charge in [-0.15, -0.1) is 0 Å². The molecule has 0 radical (unpaired) electrons. The van der Waals surface area contributed by atoms with Gasteiger partial charge in [0.05, 0.1) is 40.1 Å². The van der Waals surface area contributed by atoms with Crippen LogP contribution in [0.4, 0.5) is 5.82 Å². The molecule has 3 heterocycles. The maximum atomic E-state index is 13.2. The molecule has 0 bridgehead atoms. The Bertz CT molecular complexity index is 1540. The molecule has 3 N–H and O–H groups in total. The fourth-order valence-corrected chi connectivity index (χ4v) is 3.93. The predicted octanol–water partition coefficient (Wildman–Crippen LogP) is 3.72. The summed E-state index contributed by atoms with van der Waals surface area (Å²) >= 11 is 0. The van der Waals surface area contributed by atoms with Gasteiger partial charge in [-0.25, -0.2) is 9.67 Å².